The number of alkyl halides is 3. The zero-order chi connectivity index (χ0) is 21.1. The second-order valence-electron chi connectivity index (χ2n) is 6.49. The second-order valence-corrected chi connectivity index (χ2v) is 6.49. The van der Waals surface area contributed by atoms with Gasteiger partial charge in [0.15, 0.2) is 0 Å². The van der Waals surface area contributed by atoms with Crippen LogP contribution in [0.1, 0.15) is 23.1 Å². The Morgan fingerprint density at radius 1 is 0.833 bits per heavy atom. The standard InChI is InChI=1S/C22H15F4N3O/c23-18-12-5-4-11-17(18)19(27-16-10-6-9-15(13-16)22(24,25)26)21-29-28-20(30-21)14-7-2-1-3-8-14/h1-13,19,27H/t19-/m0/s1. The fourth-order valence-corrected chi connectivity index (χ4v) is 2.98. The molecular formula is C22H15F4N3O. The first-order valence-corrected chi connectivity index (χ1v) is 8.99. The van der Waals surface area contributed by atoms with Crippen molar-refractivity contribution in [2.45, 2.75) is 12.2 Å². The molecule has 4 nitrogen and oxygen atoms in total. The Morgan fingerprint density at radius 2 is 1.57 bits per heavy atom. The molecular weight excluding hydrogens is 398 g/mol. The van der Waals surface area contributed by atoms with Gasteiger partial charge in [0.25, 0.3) is 0 Å². The number of nitrogens with one attached hydrogen (secondary N) is 1. The average Bonchev–Trinajstić information content (AvgIpc) is 3.23. The van der Waals surface area contributed by atoms with Gasteiger partial charge in [0.1, 0.15) is 11.9 Å². The molecule has 1 N–H and O–H groups in total. The summed E-state index contributed by atoms with van der Waals surface area (Å²) in [6.07, 6.45) is -4.50. The van der Waals surface area contributed by atoms with Gasteiger partial charge in [0.2, 0.25) is 11.8 Å². The lowest BCUT2D eigenvalue weighted by molar-refractivity contribution is -0.137. The van der Waals surface area contributed by atoms with Gasteiger partial charge in [-0.15, -0.1) is 10.2 Å². The van der Waals surface area contributed by atoms with E-state index in [4.69, 9.17) is 4.42 Å². The van der Waals surface area contributed by atoms with Crippen molar-refractivity contribution in [1.82, 2.24) is 10.2 Å². The zero-order valence-corrected chi connectivity index (χ0v) is 15.4. The van der Waals surface area contributed by atoms with Crippen molar-refractivity contribution in [2.75, 3.05) is 5.32 Å². The molecule has 0 unspecified atom stereocenters. The van der Waals surface area contributed by atoms with Crippen LogP contribution < -0.4 is 5.32 Å². The van der Waals surface area contributed by atoms with Crippen molar-refractivity contribution in [2.24, 2.45) is 0 Å². The fourth-order valence-electron chi connectivity index (χ4n) is 2.98. The third-order valence-electron chi connectivity index (χ3n) is 4.43. The van der Waals surface area contributed by atoms with Crippen molar-refractivity contribution in [1.29, 1.82) is 0 Å². The molecule has 30 heavy (non-hydrogen) atoms. The largest absolute Gasteiger partial charge is 0.418 e. The van der Waals surface area contributed by atoms with E-state index in [1.165, 1.54) is 30.3 Å². The molecule has 0 fully saturated rings. The summed E-state index contributed by atoms with van der Waals surface area (Å²) in [4.78, 5) is 0. The number of anilines is 1. The van der Waals surface area contributed by atoms with Gasteiger partial charge < -0.3 is 9.73 Å². The van der Waals surface area contributed by atoms with Crippen LogP contribution in [0.2, 0.25) is 0 Å². The van der Waals surface area contributed by atoms with Gasteiger partial charge in [0.05, 0.1) is 5.56 Å². The minimum absolute atomic E-state index is 0.0244. The zero-order valence-electron chi connectivity index (χ0n) is 15.4. The van der Waals surface area contributed by atoms with Gasteiger partial charge in [-0.1, -0.05) is 42.5 Å². The lowest BCUT2D eigenvalue weighted by Gasteiger charge is -2.18. The topological polar surface area (TPSA) is 51.0 Å². The molecule has 0 bridgehead atoms. The maximum atomic E-state index is 14.5. The summed E-state index contributed by atoms with van der Waals surface area (Å²) in [5, 5.41) is 10.9. The normalized spacial score (nSPS) is 12.5. The molecule has 8 heteroatoms. The van der Waals surface area contributed by atoms with E-state index in [1.54, 1.807) is 30.3 Å². The van der Waals surface area contributed by atoms with Crippen LogP contribution in [0.5, 0.6) is 0 Å². The molecule has 0 aliphatic carbocycles. The van der Waals surface area contributed by atoms with Crippen molar-refractivity contribution < 1.29 is 22.0 Å². The van der Waals surface area contributed by atoms with Crippen LogP contribution >= 0.6 is 0 Å². The second kappa shape index (κ2) is 7.98. The molecule has 152 valence electrons. The van der Waals surface area contributed by atoms with Crippen LogP contribution in [0, 0.1) is 5.82 Å². The van der Waals surface area contributed by atoms with Crippen LogP contribution in [0.25, 0.3) is 11.5 Å². The number of hydrogen-bond donors (Lipinski definition) is 1. The van der Waals surface area contributed by atoms with E-state index in [-0.39, 0.29) is 23.0 Å². The Morgan fingerprint density at radius 3 is 2.30 bits per heavy atom. The lowest BCUT2D eigenvalue weighted by Crippen LogP contribution is -2.15. The SMILES string of the molecule is Fc1ccccc1[C@H](Nc1cccc(C(F)(F)F)c1)c1nnc(-c2ccccc2)o1. The van der Waals surface area contributed by atoms with E-state index in [0.29, 0.717) is 5.56 Å². The van der Waals surface area contributed by atoms with Gasteiger partial charge in [-0.05, 0) is 36.4 Å². The monoisotopic (exact) mass is 413 g/mol. The summed E-state index contributed by atoms with van der Waals surface area (Å²) < 4.78 is 59.5. The highest BCUT2D eigenvalue weighted by Gasteiger charge is 2.31. The Labute approximate surface area is 169 Å². The molecule has 0 spiro atoms. The molecule has 1 aromatic heterocycles. The molecule has 4 aromatic rings. The molecule has 4 rings (SSSR count). The van der Waals surface area contributed by atoms with Crippen LogP contribution in [-0.4, -0.2) is 10.2 Å². The molecule has 0 aliphatic rings. The molecule has 1 atom stereocenters. The molecule has 1 heterocycles. The maximum Gasteiger partial charge on any atom is 0.416 e. The van der Waals surface area contributed by atoms with Crippen molar-refractivity contribution in [3.8, 4) is 11.5 Å². The summed E-state index contributed by atoms with van der Waals surface area (Å²) in [7, 11) is 0. The highest BCUT2D eigenvalue weighted by Crippen LogP contribution is 2.33. The number of benzene rings is 3. The third-order valence-corrected chi connectivity index (χ3v) is 4.43. The number of rotatable bonds is 5. The first-order valence-electron chi connectivity index (χ1n) is 8.99. The number of nitrogens with zero attached hydrogens (tertiary/aromatic N) is 2. The van der Waals surface area contributed by atoms with Gasteiger partial charge in [0, 0.05) is 16.8 Å². The van der Waals surface area contributed by atoms with E-state index in [9.17, 15) is 17.6 Å². The maximum absolute atomic E-state index is 14.5. The molecule has 0 saturated carbocycles. The van der Waals surface area contributed by atoms with E-state index < -0.39 is 23.6 Å². The van der Waals surface area contributed by atoms with Gasteiger partial charge in [-0.2, -0.15) is 13.2 Å². The van der Waals surface area contributed by atoms with E-state index in [1.807, 2.05) is 6.07 Å². The summed E-state index contributed by atoms with van der Waals surface area (Å²) in [5.41, 5.74) is 0.147. The number of hydrogen-bond acceptors (Lipinski definition) is 4. The van der Waals surface area contributed by atoms with Crippen molar-refractivity contribution in [3.63, 3.8) is 0 Å². The molecule has 0 radical (unpaired) electrons. The van der Waals surface area contributed by atoms with Crippen molar-refractivity contribution in [3.05, 3.63) is 102 Å². The number of aromatic nitrogens is 2. The van der Waals surface area contributed by atoms with Gasteiger partial charge >= 0.3 is 6.18 Å². The minimum atomic E-state index is -4.50. The van der Waals surface area contributed by atoms with Gasteiger partial charge in [-0.3, -0.25) is 0 Å². The minimum Gasteiger partial charge on any atom is -0.418 e. The molecule has 0 saturated heterocycles. The summed E-state index contributed by atoms with van der Waals surface area (Å²) in [5.74, 6) is -0.310. The fraction of sp³-hybridized carbons (Fsp3) is 0.0909. The highest BCUT2D eigenvalue weighted by atomic mass is 19.4. The summed E-state index contributed by atoms with van der Waals surface area (Å²) in [6.45, 7) is 0. The number of halogens is 4. The third kappa shape index (κ3) is 4.17. The van der Waals surface area contributed by atoms with E-state index in [0.717, 1.165) is 12.1 Å². The van der Waals surface area contributed by atoms with Gasteiger partial charge in [-0.25, -0.2) is 4.39 Å². The van der Waals surface area contributed by atoms with E-state index >= 15 is 0 Å². The smallest absolute Gasteiger partial charge is 0.416 e. The first-order chi connectivity index (χ1) is 14.4. The van der Waals surface area contributed by atoms with Crippen LogP contribution in [-0.2, 0) is 6.18 Å². The Kier molecular flexibility index (Phi) is 5.22. The first kappa shape index (κ1) is 19.6. The predicted molar refractivity (Wildman–Crippen MR) is 103 cm³/mol. The van der Waals surface area contributed by atoms with Crippen LogP contribution in [0.4, 0.5) is 23.2 Å². The van der Waals surface area contributed by atoms with Crippen molar-refractivity contribution >= 4 is 5.69 Å². The predicted octanol–water partition coefficient (Wildman–Crippen LogP) is 6.10. The quantitative estimate of drug-likeness (QED) is 0.402. The molecule has 0 aliphatic heterocycles. The summed E-state index contributed by atoms with van der Waals surface area (Å²) in [6, 6.07) is 18.5. The Bertz CT molecular complexity index is 1140. The van der Waals surface area contributed by atoms with E-state index in [2.05, 4.69) is 15.5 Å². The molecule has 0 amide bonds. The van der Waals surface area contributed by atoms with Crippen LogP contribution in [0.15, 0.2) is 83.3 Å². The van der Waals surface area contributed by atoms with Crippen LogP contribution in [0.3, 0.4) is 0 Å². The Balaban J connectivity index is 1.74. The highest BCUT2D eigenvalue weighted by molar-refractivity contribution is 5.53. The average molecular weight is 413 g/mol. The lowest BCUT2D eigenvalue weighted by atomic mass is 10.1. The molecule has 3 aromatic carbocycles. The Hall–Kier alpha value is -3.68. The summed E-state index contributed by atoms with van der Waals surface area (Å²) >= 11 is 0.